The number of ether oxygens (including phenoxy) is 4. The molecule has 0 aromatic carbocycles. The highest BCUT2D eigenvalue weighted by atomic mass is 31.2. The first-order valence-electron chi connectivity index (χ1n) is 38.3. The fourth-order valence-corrected chi connectivity index (χ4v) is 12.7. The van der Waals surface area contributed by atoms with E-state index < -0.39 is 97.5 Å². The van der Waals surface area contributed by atoms with Crippen molar-refractivity contribution in [2.75, 3.05) is 39.6 Å². The molecule has 0 aliphatic carbocycles. The van der Waals surface area contributed by atoms with Crippen LogP contribution in [0.15, 0.2) is 0 Å². The number of unbranched alkanes of at least 4 members (excludes halogenated alkanes) is 35. The molecule has 0 aromatic heterocycles. The first kappa shape index (κ1) is 91.1. The van der Waals surface area contributed by atoms with Gasteiger partial charge in [0.2, 0.25) is 0 Å². The van der Waals surface area contributed by atoms with Crippen molar-refractivity contribution in [2.24, 2.45) is 23.7 Å². The molecule has 0 bridgehead atoms. The predicted octanol–water partition coefficient (Wildman–Crippen LogP) is 21.3. The molecule has 0 fully saturated rings. The van der Waals surface area contributed by atoms with Crippen molar-refractivity contribution in [1.82, 2.24) is 0 Å². The number of phosphoric acid groups is 2. The number of carbonyl (C=O) groups is 4. The lowest BCUT2D eigenvalue weighted by Gasteiger charge is -2.21. The third kappa shape index (κ3) is 65.8. The van der Waals surface area contributed by atoms with Crippen LogP contribution in [0.4, 0.5) is 0 Å². The molecule has 0 aliphatic heterocycles. The Kier molecular flexibility index (Phi) is 62.2. The summed E-state index contributed by atoms with van der Waals surface area (Å²) in [5.74, 6) is 0.955. The number of hydrogen-bond acceptors (Lipinski definition) is 15. The topological polar surface area (TPSA) is 237 Å². The minimum Gasteiger partial charge on any atom is -0.462 e. The summed E-state index contributed by atoms with van der Waals surface area (Å²) < 4.78 is 68.5. The largest absolute Gasteiger partial charge is 0.472 e. The predicted molar refractivity (Wildman–Crippen MR) is 377 cm³/mol. The van der Waals surface area contributed by atoms with Crippen LogP contribution in [0.5, 0.6) is 0 Å². The summed E-state index contributed by atoms with van der Waals surface area (Å²) in [5.41, 5.74) is 0. The van der Waals surface area contributed by atoms with Gasteiger partial charge in [0.25, 0.3) is 0 Å². The molecule has 0 saturated carbocycles. The molecule has 0 rings (SSSR count). The van der Waals surface area contributed by atoms with Gasteiger partial charge in [-0.1, -0.05) is 319 Å². The molecular formula is C74H144O17P2. The Labute approximate surface area is 568 Å². The van der Waals surface area contributed by atoms with Crippen molar-refractivity contribution in [1.29, 1.82) is 0 Å². The molecule has 0 heterocycles. The quantitative estimate of drug-likeness (QED) is 0.0222. The fraction of sp³-hybridized carbons (Fsp3) is 0.946. The van der Waals surface area contributed by atoms with Gasteiger partial charge < -0.3 is 33.8 Å². The fourth-order valence-electron chi connectivity index (χ4n) is 11.1. The van der Waals surface area contributed by atoms with E-state index in [9.17, 15) is 43.2 Å². The number of aliphatic hydroxyl groups excluding tert-OH is 1. The van der Waals surface area contributed by atoms with E-state index in [4.69, 9.17) is 37.0 Å². The van der Waals surface area contributed by atoms with Gasteiger partial charge in [-0.15, -0.1) is 0 Å². The highest BCUT2D eigenvalue weighted by Gasteiger charge is 2.30. The van der Waals surface area contributed by atoms with Crippen LogP contribution in [-0.4, -0.2) is 96.7 Å². The van der Waals surface area contributed by atoms with E-state index in [1.54, 1.807) is 0 Å². The zero-order valence-electron chi connectivity index (χ0n) is 60.9. The Balaban J connectivity index is 5.26. The highest BCUT2D eigenvalue weighted by molar-refractivity contribution is 7.47. The van der Waals surface area contributed by atoms with E-state index >= 15 is 0 Å². The molecule has 4 unspecified atom stereocenters. The minimum atomic E-state index is -4.96. The zero-order valence-corrected chi connectivity index (χ0v) is 62.7. The lowest BCUT2D eigenvalue weighted by atomic mass is 9.99. The maximum absolute atomic E-state index is 13.1. The van der Waals surface area contributed by atoms with E-state index in [1.165, 1.54) is 167 Å². The van der Waals surface area contributed by atoms with Crippen molar-refractivity contribution in [3.05, 3.63) is 0 Å². The SMILES string of the molecule is CCC(C)CCCCCCCCCCCCC(=O)OC[C@H](COP(=O)(O)OC[C@@H](O)COP(=O)(O)OC[C@@H](COC(=O)CCCCCCCCC(C)CC)OC(=O)CCCCCCCCCCCCCCCC(C)C)OC(=O)CCCCCCCCCCCCC(C)C. The summed E-state index contributed by atoms with van der Waals surface area (Å²) in [4.78, 5) is 72.7. The molecular weight excluding hydrogens is 1220 g/mol. The summed E-state index contributed by atoms with van der Waals surface area (Å²) in [6.45, 7) is 14.2. The second-order valence-electron chi connectivity index (χ2n) is 28.1. The second kappa shape index (κ2) is 63.5. The zero-order chi connectivity index (χ0) is 68.9. The smallest absolute Gasteiger partial charge is 0.462 e. The first-order valence-corrected chi connectivity index (χ1v) is 41.3. The van der Waals surface area contributed by atoms with Gasteiger partial charge in [-0.2, -0.15) is 0 Å². The number of esters is 4. The van der Waals surface area contributed by atoms with Crippen LogP contribution in [0.2, 0.25) is 0 Å². The maximum Gasteiger partial charge on any atom is 0.472 e. The van der Waals surface area contributed by atoms with E-state index in [0.717, 1.165) is 120 Å². The lowest BCUT2D eigenvalue weighted by Crippen LogP contribution is -2.30. The van der Waals surface area contributed by atoms with Crippen molar-refractivity contribution in [3.63, 3.8) is 0 Å². The van der Waals surface area contributed by atoms with Crippen LogP contribution < -0.4 is 0 Å². The standard InChI is InChI=1S/C74H144O17P2/c1-9-66(7)52-44-36-28-22-17-19-23-29-38-46-54-71(76)84-60-69(90-74(79)57-49-41-31-25-18-16-21-27-35-43-51-65(5)6)62-88-92(80,81)86-58-68(75)59-87-93(82,83)89-63-70(61-85-72(77)55-47-39-33-32-37-45-53-67(8)10-2)91-73(78)56-48-40-30-24-15-13-11-12-14-20-26-34-42-50-64(3)4/h64-70,75H,9-63H2,1-8H3,(H,80,81)(H,82,83)/t66?,67?,68-,69-,70-/m1/s1. The molecule has 17 nitrogen and oxygen atoms in total. The lowest BCUT2D eigenvalue weighted by molar-refractivity contribution is -0.161. The van der Waals surface area contributed by atoms with Crippen molar-refractivity contribution in [2.45, 2.75) is 388 Å². The number of phosphoric ester groups is 2. The van der Waals surface area contributed by atoms with Gasteiger partial charge in [-0.05, 0) is 49.4 Å². The van der Waals surface area contributed by atoms with Gasteiger partial charge >= 0.3 is 39.5 Å². The molecule has 552 valence electrons. The van der Waals surface area contributed by atoms with Crippen molar-refractivity contribution >= 4 is 39.5 Å². The van der Waals surface area contributed by atoms with Crippen LogP contribution in [-0.2, 0) is 65.4 Å². The molecule has 0 spiro atoms. The third-order valence-electron chi connectivity index (χ3n) is 17.8. The molecule has 0 aromatic rings. The van der Waals surface area contributed by atoms with Crippen molar-refractivity contribution in [3.8, 4) is 0 Å². The van der Waals surface area contributed by atoms with E-state index in [2.05, 4.69) is 55.4 Å². The molecule has 7 atom stereocenters. The van der Waals surface area contributed by atoms with Gasteiger partial charge in [-0.3, -0.25) is 37.3 Å². The van der Waals surface area contributed by atoms with Crippen LogP contribution in [0.3, 0.4) is 0 Å². The van der Waals surface area contributed by atoms with Crippen LogP contribution in [0.1, 0.15) is 370 Å². The Hall–Kier alpha value is -1.94. The number of carbonyl (C=O) groups excluding carboxylic acids is 4. The van der Waals surface area contributed by atoms with E-state index in [0.29, 0.717) is 25.7 Å². The summed E-state index contributed by atoms with van der Waals surface area (Å²) in [6, 6.07) is 0. The number of hydrogen-bond donors (Lipinski definition) is 3. The highest BCUT2D eigenvalue weighted by Crippen LogP contribution is 2.45. The van der Waals surface area contributed by atoms with Gasteiger partial charge in [0.05, 0.1) is 26.4 Å². The molecule has 19 heteroatoms. The Morgan fingerprint density at radius 2 is 0.516 bits per heavy atom. The molecule has 0 amide bonds. The molecule has 0 aliphatic rings. The Bertz CT molecular complexity index is 1840. The molecule has 0 radical (unpaired) electrons. The van der Waals surface area contributed by atoms with Gasteiger partial charge in [0.15, 0.2) is 12.2 Å². The van der Waals surface area contributed by atoms with Crippen LogP contribution in [0, 0.1) is 23.7 Å². The Morgan fingerprint density at radius 1 is 0.301 bits per heavy atom. The Morgan fingerprint density at radius 3 is 0.763 bits per heavy atom. The normalized spacial score (nSPS) is 14.8. The second-order valence-corrected chi connectivity index (χ2v) is 31.0. The van der Waals surface area contributed by atoms with Gasteiger partial charge in [-0.25, -0.2) is 9.13 Å². The third-order valence-corrected chi connectivity index (χ3v) is 19.7. The summed E-state index contributed by atoms with van der Waals surface area (Å²) in [7, 11) is -9.91. The number of aliphatic hydroxyl groups is 1. The molecule has 93 heavy (non-hydrogen) atoms. The summed E-state index contributed by atoms with van der Waals surface area (Å²) >= 11 is 0. The average Bonchev–Trinajstić information content (AvgIpc) is 3.49. The van der Waals surface area contributed by atoms with E-state index in [-0.39, 0.29) is 25.7 Å². The minimum absolute atomic E-state index is 0.105. The van der Waals surface area contributed by atoms with Crippen LogP contribution >= 0.6 is 15.6 Å². The molecule has 0 saturated heterocycles. The van der Waals surface area contributed by atoms with Crippen molar-refractivity contribution < 1.29 is 80.2 Å². The average molecular weight is 1370 g/mol. The summed E-state index contributed by atoms with van der Waals surface area (Å²) in [6.07, 6.45) is 47.1. The number of rotatable bonds is 71. The summed E-state index contributed by atoms with van der Waals surface area (Å²) in [5, 5.41) is 10.6. The first-order chi connectivity index (χ1) is 44.7. The maximum atomic E-state index is 13.1. The van der Waals surface area contributed by atoms with Crippen LogP contribution in [0.25, 0.3) is 0 Å². The van der Waals surface area contributed by atoms with Gasteiger partial charge in [0, 0.05) is 25.7 Å². The van der Waals surface area contributed by atoms with E-state index in [1.807, 2.05) is 0 Å². The monoisotopic (exact) mass is 1370 g/mol. The molecule has 3 N–H and O–H groups in total. The van der Waals surface area contributed by atoms with Gasteiger partial charge in [0.1, 0.15) is 19.3 Å².